The normalized spacial score (nSPS) is 8.00. The van der Waals surface area contributed by atoms with Gasteiger partial charge in [-0.15, -0.1) is 5.10 Å². The highest BCUT2D eigenvalue weighted by Gasteiger charge is 1.61. The van der Waals surface area contributed by atoms with Gasteiger partial charge in [0.1, 0.15) is 11.8 Å². The standard InChI is InChI=1S/2C2H2N2S/c1-3-2-5-4-1;1-2-5-4-3-1/h2*1-2H. The SMILES string of the molecule is c1csnn1.c1ncsn1. The number of hydrogen-bond donors (Lipinski definition) is 0. The van der Waals surface area contributed by atoms with Crippen molar-refractivity contribution in [1.29, 1.82) is 0 Å². The molecule has 0 N–H and O–H groups in total. The third-order valence-corrected chi connectivity index (χ3v) is 1.43. The fourth-order valence-corrected chi connectivity index (χ4v) is 0.816. The van der Waals surface area contributed by atoms with Gasteiger partial charge in [-0.1, -0.05) is 4.49 Å². The monoisotopic (exact) mass is 172 g/mol. The van der Waals surface area contributed by atoms with Crippen molar-refractivity contribution >= 4 is 23.1 Å². The van der Waals surface area contributed by atoms with Crippen LogP contribution in [0.5, 0.6) is 0 Å². The van der Waals surface area contributed by atoms with Gasteiger partial charge in [-0.05, 0) is 23.1 Å². The van der Waals surface area contributed by atoms with E-state index in [4.69, 9.17) is 0 Å². The Labute approximate surface area is 65.9 Å². The van der Waals surface area contributed by atoms with Crippen molar-refractivity contribution in [3.05, 3.63) is 23.4 Å². The Morgan fingerprint density at radius 1 is 1.20 bits per heavy atom. The fraction of sp³-hybridized carbons (Fsp3) is 0. The van der Waals surface area contributed by atoms with Crippen LogP contribution in [-0.2, 0) is 0 Å². The maximum absolute atomic E-state index is 3.65. The summed E-state index contributed by atoms with van der Waals surface area (Å²) in [5.74, 6) is 0. The van der Waals surface area contributed by atoms with Crippen molar-refractivity contribution in [2.24, 2.45) is 0 Å². The summed E-state index contributed by atoms with van der Waals surface area (Å²) in [7, 11) is 0. The molecule has 0 atom stereocenters. The van der Waals surface area contributed by atoms with Crippen molar-refractivity contribution < 1.29 is 0 Å². The van der Waals surface area contributed by atoms with Crippen LogP contribution in [0, 0.1) is 0 Å². The van der Waals surface area contributed by atoms with E-state index in [1.165, 1.54) is 29.4 Å². The van der Waals surface area contributed by atoms with E-state index in [9.17, 15) is 0 Å². The van der Waals surface area contributed by atoms with Crippen LogP contribution in [0.2, 0.25) is 0 Å². The Bertz CT molecular complexity index is 154. The van der Waals surface area contributed by atoms with Crippen LogP contribution < -0.4 is 0 Å². The third kappa shape index (κ3) is 3.21. The first-order valence-corrected chi connectivity index (χ1v) is 4.08. The van der Waals surface area contributed by atoms with Gasteiger partial charge in [0.05, 0.1) is 6.20 Å². The highest BCUT2D eigenvalue weighted by Crippen LogP contribution is 1.78. The Balaban J connectivity index is 0.0000001000. The van der Waals surface area contributed by atoms with Crippen molar-refractivity contribution in [1.82, 2.24) is 18.9 Å². The molecule has 2 heterocycles. The first kappa shape index (κ1) is 7.23. The summed E-state index contributed by atoms with van der Waals surface area (Å²) in [6.07, 6.45) is 3.18. The predicted molar refractivity (Wildman–Crippen MR) is 39.8 cm³/mol. The van der Waals surface area contributed by atoms with E-state index < -0.39 is 0 Å². The maximum atomic E-state index is 3.65. The van der Waals surface area contributed by atoms with Crippen LogP contribution in [0.15, 0.2) is 23.4 Å². The summed E-state index contributed by atoms with van der Waals surface area (Å²) in [5, 5.41) is 5.31. The van der Waals surface area contributed by atoms with Gasteiger partial charge in [0.2, 0.25) is 0 Å². The molecule has 2 rings (SSSR count). The van der Waals surface area contributed by atoms with Crippen LogP contribution >= 0.6 is 23.1 Å². The summed E-state index contributed by atoms with van der Waals surface area (Å²) < 4.78 is 7.17. The first-order valence-electron chi connectivity index (χ1n) is 2.40. The van der Waals surface area contributed by atoms with Gasteiger partial charge in [-0.3, -0.25) is 0 Å². The zero-order chi connectivity index (χ0) is 7.07. The lowest BCUT2D eigenvalue weighted by atomic mass is 11.1. The minimum atomic E-state index is 1.35. The number of rotatable bonds is 0. The van der Waals surface area contributed by atoms with Crippen molar-refractivity contribution in [2.45, 2.75) is 0 Å². The Morgan fingerprint density at radius 3 is 2.40 bits per heavy atom. The molecule has 0 radical (unpaired) electrons. The highest BCUT2D eigenvalue weighted by molar-refractivity contribution is 7.03. The molecule has 2 aromatic heterocycles. The topological polar surface area (TPSA) is 51.6 Å². The molecular weight excluding hydrogens is 168 g/mol. The summed E-state index contributed by atoms with van der Waals surface area (Å²) in [4.78, 5) is 3.63. The van der Waals surface area contributed by atoms with Gasteiger partial charge >= 0.3 is 0 Å². The molecule has 0 saturated carbocycles. The number of aromatic nitrogens is 4. The molecule has 52 valence electrons. The smallest absolute Gasteiger partial charge is 0.129 e. The Hall–Kier alpha value is -0.880. The van der Waals surface area contributed by atoms with E-state index in [1.54, 1.807) is 11.7 Å². The third-order valence-electron chi connectivity index (χ3n) is 0.565. The molecule has 0 aliphatic rings. The van der Waals surface area contributed by atoms with Gasteiger partial charge in [-0.25, -0.2) is 4.98 Å². The van der Waals surface area contributed by atoms with Gasteiger partial charge in [0.15, 0.2) is 0 Å². The molecule has 0 aliphatic heterocycles. The lowest BCUT2D eigenvalue weighted by Crippen LogP contribution is -1.51. The molecule has 0 aliphatic carbocycles. The Kier molecular flexibility index (Phi) is 3.58. The van der Waals surface area contributed by atoms with E-state index in [2.05, 4.69) is 18.9 Å². The quantitative estimate of drug-likeness (QED) is 0.596. The molecule has 6 heteroatoms. The van der Waals surface area contributed by atoms with Gasteiger partial charge in [-0.2, -0.15) is 4.37 Å². The summed E-state index contributed by atoms with van der Waals surface area (Å²) in [5.41, 5.74) is 1.68. The zero-order valence-electron chi connectivity index (χ0n) is 4.91. The van der Waals surface area contributed by atoms with Crippen molar-refractivity contribution in [3.8, 4) is 0 Å². The second kappa shape index (κ2) is 4.95. The van der Waals surface area contributed by atoms with Gasteiger partial charge in [0.25, 0.3) is 0 Å². The molecule has 0 unspecified atom stereocenters. The maximum Gasteiger partial charge on any atom is 0.129 e. The lowest BCUT2D eigenvalue weighted by Gasteiger charge is -1.40. The molecule has 0 aromatic carbocycles. The number of nitrogens with zero attached hydrogens (tertiary/aromatic N) is 4. The van der Waals surface area contributed by atoms with Crippen LogP contribution in [0.1, 0.15) is 0 Å². The van der Waals surface area contributed by atoms with Crippen LogP contribution in [0.25, 0.3) is 0 Å². The second-order valence-corrected chi connectivity index (χ2v) is 2.45. The largest absolute Gasteiger partial charge is 0.231 e. The molecule has 0 saturated heterocycles. The predicted octanol–water partition coefficient (Wildman–Crippen LogP) is 1.08. The zero-order valence-corrected chi connectivity index (χ0v) is 6.55. The van der Waals surface area contributed by atoms with Crippen molar-refractivity contribution in [3.63, 3.8) is 0 Å². The lowest BCUT2D eigenvalue weighted by molar-refractivity contribution is 1.16. The molecule has 0 bridgehead atoms. The molecule has 4 nitrogen and oxygen atoms in total. The van der Waals surface area contributed by atoms with Gasteiger partial charge < -0.3 is 0 Å². The van der Waals surface area contributed by atoms with Crippen molar-refractivity contribution in [2.75, 3.05) is 0 Å². The van der Waals surface area contributed by atoms with E-state index in [0.29, 0.717) is 0 Å². The van der Waals surface area contributed by atoms with Crippen LogP contribution in [-0.4, -0.2) is 18.9 Å². The second-order valence-electron chi connectivity index (χ2n) is 1.17. The average molecular weight is 172 g/mol. The first-order chi connectivity index (χ1) is 5.00. The van der Waals surface area contributed by atoms with Gasteiger partial charge in [0, 0.05) is 5.38 Å². The average Bonchev–Trinajstić information content (AvgIpc) is 2.67. The molecular formula is C4H4N4S2. The minimum absolute atomic E-state index is 1.35. The molecule has 0 spiro atoms. The van der Waals surface area contributed by atoms with E-state index in [1.807, 2.05) is 5.38 Å². The van der Waals surface area contributed by atoms with E-state index in [-0.39, 0.29) is 0 Å². The summed E-state index contributed by atoms with van der Waals surface area (Å²) in [6.45, 7) is 0. The Morgan fingerprint density at radius 2 is 2.20 bits per heavy atom. The van der Waals surface area contributed by atoms with E-state index in [0.717, 1.165) is 0 Å². The molecule has 2 aromatic rings. The number of hydrogen-bond acceptors (Lipinski definition) is 6. The fourth-order valence-electron chi connectivity index (χ4n) is 0.272. The summed E-state index contributed by atoms with van der Waals surface area (Å²) >= 11 is 2.70. The molecule has 10 heavy (non-hydrogen) atoms. The van der Waals surface area contributed by atoms with E-state index >= 15 is 0 Å². The summed E-state index contributed by atoms with van der Waals surface area (Å²) in [6, 6.07) is 0. The highest BCUT2D eigenvalue weighted by atomic mass is 32.1. The van der Waals surface area contributed by atoms with Crippen LogP contribution in [0.3, 0.4) is 0 Å². The van der Waals surface area contributed by atoms with Crippen LogP contribution in [0.4, 0.5) is 0 Å². The minimum Gasteiger partial charge on any atom is -0.231 e. The molecule has 0 amide bonds. The molecule has 0 fully saturated rings.